The summed E-state index contributed by atoms with van der Waals surface area (Å²) in [7, 11) is 1.60. The number of fused-ring (bicyclic) bond motifs is 5. The molecule has 2 aliphatic heterocycles. The van der Waals surface area contributed by atoms with E-state index in [2.05, 4.69) is 13.8 Å². The summed E-state index contributed by atoms with van der Waals surface area (Å²) >= 11 is 0. The molecule has 214 valence electrons. The third kappa shape index (κ3) is 3.81. The van der Waals surface area contributed by atoms with E-state index in [0.29, 0.717) is 25.9 Å². The molecular formula is C30H46O8. The molecule has 3 N–H and O–H groups in total. The van der Waals surface area contributed by atoms with E-state index in [0.717, 1.165) is 50.5 Å². The lowest BCUT2D eigenvalue weighted by atomic mass is 9.42. The molecule has 0 bridgehead atoms. The zero-order valence-electron chi connectivity index (χ0n) is 23.4. The highest BCUT2D eigenvalue weighted by atomic mass is 16.7. The van der Waals surface area contributed by atoms with Crippen molar-refractivity contribution in [1.82, 2.24) is 0 Å². The molecule has 2 heterocycles. The number of ether oxygens (including phenoxy) is 4. The van der Waals surface area contributed by atoms with Crippen molar-refractivity contribution < 1.29 is 39.1 Å². The van der Waals surface area contributed by atoms with Gasteiger partial charge in [-0.2, -0.15) is 0 Å². The zero-order valence-corrected chi connectivity index (χ0v) is 23.4. The second kappa shape index (κ2) is 9.25. The van der Waals surface area contributed by atoms with Crippen LogP contribution in [0.2, 0.25) is 0 Å². The number of carbonyl (C=O) groups is 1. The molecule has 0 aromatic heterocycles. The average molecular weight is 535 g/mol. The molecule has 5 fully saturated rings. The summed E-state index contributed by atoms with van der Waals surface area (Å²) in [6.45, 7) is 6.67. The summed E-state index contributed by atoms with van der Waals surface area (Å²) in [6, 6.07) is 0. The average Bonchev–Trinajstić information content (AvgIpc) is 3.41. The molecule has 38 heavy (non-hydrogen) atoms. The van der Waals surface area contributed by atoms with Crippen LogP contribution < -0.4 is 0 Å². The van der Waals surface area contributed by atoms with Crippen molar-refractivity contribution in [2.75, 3.05) is 13.7 Å². The Morgan fingerprint density at radius 1 is 1.00 bits per heavy atom. The molecule has 8 heteroatoms. The van der Waals surface area contributed by atoms with Gasteiger partial charge in [-0.15, -0.1) is 0 Å². The Kier molecular flexibility index (Phi) is 6.61. The number of cyclic esters (lactones) is 1. The fourth-order valence-corrected chi connectivity index (χ4v) is 10.0. The van der Waals surface area contributed by atoms with Crippen molar-refractivity contribution in [2.24, 2.45) is 28.6 Å². The third-order valence-corrected chi connectivity index (χ3v) is 12.4. The summed E-state index contributed by atoms with van der Waals surface area (Å²) in [4.78, 5) is 11.8. The van der Waals surface area contributed by atoms with Crippen LogP contribution >= 0.6 is 0 Å². The lowest BCUT2D eigenvalue weighted by Crippen LogP contribution is -2.67. The minimum atomic E-state index is -0.853. The molecular weight excluding hydrogens is 488 g/mol. The minimum absolute atomic E-state index is 0.116. The maximum Gasteiger partial charge on any atom is 0.331 e. The Morgan fingerprint density at radius 2 is 1.74 bits per heavy atom. The van der Waals surface area contributed by atoms with Gasteiger partial charge in [0.2, 0.25) is 0 Å². The molecule has 0 aromatic rings. The van der Waals surface area contributed by atoms with Crippen molar-refractivity contribution in [3.63, 3.8) is 0 Å². The summed E-state index contributed by atoms with van der Waals surface area (Å²) in [5.41, 5.74) is -1.17. The van der Waals surface area contributed by atoms with Gasteiger partial charge in [-0.05, 0) is 87.0 Å². The topological polar surface area (TPSA) is 115 Å². The van der Waals surface area contributed by atoms with Crippen LogP contribution in [0.1, 0.15) is 85.0 Å². The first-order valence-electron chi connectivity index (χ1n) is 14.8. The van der Waals surface area contributed by atoms with Gasteiger partial charge < -0.3 is 34.3 Å². The zero-order chi connectivity index (χ0) is 27.1. The van der Waals surface area contributed by atoms with E-state index >= 15 is 0 Å². The Bertz CT molecular complexity index is 983. The lowest BCUT2D eigenvalue weighted by Gasteiger charge is -2.66. The first kappa shape index (κ1) is 27.2. The van der Waals surface area contributed by atoms with Gasteiger partial charge in [0.1, 0.15) is 12.7 Å². The van der Waals surface area contributed by atoms with Crippen LogP contribution in [0.15, 0.2) is 11.6 Å². The molecule has 1 saturated heterocycles. The monoisotopic (exact) mass is 534 g/mol. The van der Waals surface area contributed by atoms with Crippen LogP contribution in [0.4, 0.5) is 0 Å². The number of methoxy groups -OCH3 is 1. The van der Waals surface area contributed by atoms with E-state index in [-0.39, 0.29) is 52.9 Å². The number of carbonyl (C=O) groups excluding carboxylic acids is 1. The van der Waals surface area contributed by atoms with Crippen LogP contribution in [-0.4, -0.2) is 76.9 Å². The van der Waals surface area contributed by atoms with Crippen molar-refractivity contribution >= 4 is 5.97 Å². The van der Waals surface area contributed by atoms with Gasteiger partial charge in [-0.25, -0.2) is 4.79 Å². The van der Waals surface area contributed by atoms with Crippen LogP contribution in [0.25, 0.3) is 0 Å². The maximum absolute atomic E-state index is 12.4. The van der Waals surface area contributed by atoms with E-state index < -0.39 is 23.6 Å². The van der Waals surface area contributed by atoms with Gasteiger partial charge in [-0.1, -0.05) is 13.8 Å². The second-order valence-corrected chi connectivity index (χ2v) is 13.8. The predicted molar refractivity (Wildman–Crippen MR) is 138 cm³/mol. The minimum Gasteiger partial charge on any atom is -0.458 e. The summed E-state index contributed by atoms with van der Waals surface area (Å²) in [5, 5.41) is 34.9. The second-order valence-electron chi connectivity index (χ2n) is 13.8. The molecule has 4 aliphatic carbocycles. The van der Waals surface area contributed by atoms with Gasteiger partial charge in [0.15, 0.2) is 6.29 Å². The largest absolute Gasteiger partial charge is 0.458 e. The van der Waals surface area contributed by atoms with E-state index in [1.807, 2.05) is 6.92 Å². The van der Waals surface area contributed by atoms with Crippen molar-refractivity contribution in [3.8, 4) is 0 Å². The molecule has 0 aromatic carbocycles. The van der Waals surface area contributed by atoms with E-state index in [9.17, 15) is 20.1 Å². The number of esters is 1. The predicted octanol–water partition coefficient (Wildman–Crippen LogP) is 3.25. The van der Waals surface area contributed by atoms with Crippen molar-refractivity contribution in [3.05, 3.63) is 11.6 Å². The number of hydrogen-bond acceptors (Lipinski definition) is 8. The molecule has 0 radical (unpaired) electrons. The Morgan fingerprint density at radius 3 is 2.45 bits per heavy atom. The Balaban J connectivity index is 1.18. The first-order chi connectivity index (χ1) is 17.9. The lowest BCUT2D eigenvalue weighted by molar-refractivity contribution is -0.291. The number of aliphatic hydroxyl groups is 3. The molecule has 6 aliphatic rings. The molecule has 0 spiro atoms. The Hall–Kier alpha value is -1.03. The summed E-state index contributed by atoms with van der Waals surface area (Å²) < 4.78 is 23.0. The molecule has 8 nitrogen and oxygen atoms in total. The smallest absolute Gasteiger partial charge is 0.331 e. The van der Waals surface area contributed by atoms with Gasteiger partial charge in [0.25, 0.3) is 0 Å². The number of rotatable bonds is 4. The summed E-state index contributed by atoms with van der Waals surface area (Å²) in [6.07, 6.45) is 7.36. The summed E-state index contributed by atoms with van der Waals surface area (Å²) in [5.74, 6) is 0.293. The third-order valence-electron chi connectivity index (χ3n) is 12.4. The van der Waals surface area contributed by atoms with Crippen LogP contribution in [-0.2, 0) is 23.7 Å². The van der Waals surface area contributed by atoms with Crippen LogP contribution in [0.3, 0.4) is 0 Å². The maximum atomic E-state index is 12.4. The fraction of sp³-hybridized carbons (Fsp3) is 0.900. The molecule has 4 saturated carbocycles. The van der Waals surface area contributed by atoms with Gasteiger partial charge >= 0.3 is 5.97 Å². The van der Waals surface area contributed by atoms with Gasteiger partial charge in [-0.3, -0.25) is 0 Å². The molecule has 0 amide bonds. The molecule has 4 unspecified atom stereocenters. The van der Waals surface area contributed by atoms with E-state index in [1.165, 1.54) is 0 Å². The SMILES string of the molecule is COC1C[C@H](O[C@@H]2CC[C@@]3(C)C4CC[C@@]5(C)[C@@H](C6=CC(=O)OC6)CC[C@@]5(O)C4CC[C@@]3(O)C2)OC(C)[C@@H]1O. The van der Waals surface area contributed by atoms with Gasteiger partial charge in [0, 0.05) is 31.4 Å². The standard InChI is InChI=1S/C30H46O8/c1-17-26(32)23(35-4)14-25(37-17)38-19-5-9-27(2)21-6-10-28(3)20(18-13-24(31)36-16-18)8-12-30(28,34)22(21)7-11-29(27,33)15-19/h13,17,19-23,25-26,32-34H,5-12,14-16H2,1-4H3/t17?,19-,20-,21?,22?,23?,25+,26+,27+,28+,29-,30-/m1/s1. The number of hydrogen-bond donors (Lipinski definition) is 3. The Labute approximate surface area is 226 Å². The highest BCUT2D eigenvalue weighted by Crippen LogP contribution is 2.70. The molecule has 6 rings (SSSR count). The van der Waals surface area contributed by atoms with E-state index in [4.69, 9.17) is 18.9 Å². The first-order valence-corrected chi connectivity index (χ1v) is 14.8. The van der Waals surface area contributed by atoms with Crippen LogP contribution in [0, 0.1) is 28.6 Å². The number of aliphatic hydroxyl groups excluding tert-OH is 1. The quantitative estimate of drug-likeness (QED) is 0.372. The normalized spacial score (nSPS) is 54.5. The van der Waals surface area contributed by atoms with Crippen LogP contribution in [0.5, 0.6) is 0 Å². The molecule has 12 atom stereocenters. The van der Waals surface area contributed by atoms with E-state index in [1.54, 1.807) is 13.2 Å². The highest BCUT2D eigenvalue weighted by molar-refractivity contribution is 5.85. The van der Waals surface area contributed by atoms with Crippen molar-refractivity contribution in [1.29, 1.82) is 0 Å². The van der Waals surface area contributed by atoms with Crippen molar-refractivity contribution in [2.45, 2.75) is 127 Å². The van der Waals surface area contributed by atoms with Gasteiger partial charge in [0.05, 0.1) is 29.5 Å². The highest BCUT2D eigenvalue weighted by Gasteiger charge is 2.70. The fourth-order valence-electron chi connectivity index (χ4n) is 10.0.